The van der Waals surface area contributed by atoms with Gasteiger partial charge in [0.15, 0.2) is 0 Å². The van der Waals surface area contributed by atoms with E-state index in [0.29, 0.717) is 11.5 Å². The monoisotopic (exact) mass is 221 g/mol. The Morgan fingerprint density at radius 1 is 1.12 bits per heavy atom. The van der Waals surface area contributed by atoms with Crippen molar-refractivity contribution in [3.63, 3.8) is 0 Å². The summed E-state index contributed by atoms with van der Waals surface area (Å²) in [6.07, 6.45) is 11.8. The summed E-state index contributed by atoms with van der Waals surface area (Å²) in [4.78, 5) is 2.36. The van der Waals surface area contributed by atoms with E-state index in [-0.39, 0.29) is 0 Å². The molecule has 0 aromatic carbocycles. The molecular weight excluding hydrogens is 198 g/mol. The molecule has 2 rings (SSSR count). The Morgan fingerprint density at radius 3 is 2.81 bits per heavy atom. The zero-order chi connectivity index (χ0) is 11.4. The second-order valence-electron chi connectivity index (χ2n) is 5.81. The van der Waals surface area contributed by atoms with Gasteiger partial charge in [0, 0.05) is 12.8 Å². The minimum atomic E-state index is 0.499. The first-order valence-electron chi connectivity index (χ1n) is 6.50. The standard InChI is InChI=1S/C13H23N3/c1-13(2)7-4-3-6-12-10-14-15-11-16(12)9-5-8-13/h10-12H,3-9H2,1-2H3. The molecule has 0 aromatic rings. The molecule has 3 nitrogen and oxygen atoms in total. The fraction of sp³-hybridized carbons (Fsp3) is 0.846. The van der Waals surface area contributed by atoms with Crippen molar-refractivity contribution in [2.75, 3.05) is 6.54 Å². The van der Waals surface area contributed by atoms with Crippen LogP contribution in [-0.4, -0.2) is 30.0 Å². The van der Waals surface area contributed by atoms with E-state index in [1.807, 2.05) is 12.6 Å². The van der Waals surface area contributed by atoms with E-state index in [9.17, 15) is 0 Å². The van der Waals surface area contributed by atoms with Gasteiger partial charge in [-0.25, -0.2) is 0 Å². The van der Waals surface area contributed by atoms with Crippen LogP contribution in [0.4, 0.5) is 0 Å². The van der Waals surface area contributed by atoms with E-state index in [4.69, 9.17) is 0 Å². The van der Waals surface area contributed by atoms with E-state index >= 15 is 0 Å². The third-order valence-electron chi connectivity index (χ3n) is 3.80. The van der Waals surface area contributed by atoms with Crippen molar-refractivity contribution in [2.24, 2.45) is 15.6 Å². The van der Waals surface area contributed by atoms with Gasteiger partial charge in [0.25, 0.3) is 0 Å². The molecular formula is C13H23N3. The second-order valence-corrected chi connectivity index (χ2v) is 5.81. The summed E-state index contributed by atoms with van der Waals surface area (Å²) < 4.78 is 0. The summed E-state index contributed by atoms with van der Waals surface area (Å²) in [5.41, 5.74) is 0.522. The van der Waals surface area contributed by atoms with E-state index < -0.39 is 0 Å². The summed E-state index contributed by atoms with van der Waals surface area (Å²) in [5, 5.41) is 8.01. The van der Waals surface area contributed by atoms with Crippen molar-refractivity contribution in [3.8, 4) is 0 Å². The van der Waals surface area contributed by atoms with Gasteiger partial charge >= 0.3 is 0 Å². The predicted molar refractivity (Wildman–Crippen MR) is 69.0 cm³/mol. The maximum atomic E-state index is 4.02. The van der Waals surface area contributed by atoms with Crippen molar-refractivity contribution in [1.82, 2.24) is 4.90 Å². The Morgan fingerprint density at radius 2 is 1.94 bits per heavy atom. The number of nitrogens with zero attached hydrogens (tertiary/aromatic N) is 3. The summed E-state index contributed by atoms with van der Waals surface area (Å²) in [7, 11) is 0. The Hall–Kier alpha value is -0.860. The lowest BCUT2D eigenvalue weighted by Crippen LogP contribution is -2.38. The van der Waals surface area contributed by atoms with E-state index in [2.05, 4.69) is 29.0 Å². The maximum Gasteiger partial charge on any atom is 0.114 e. The van der Waals surface area contributed by atoms with Gasteiger partial charge < -0.3 is 4.90 Å². The third-order valence-corrected chi connectivity index (χ3v) is 3.80. The molecule has 0 saturated carbocycles. The van der Waals surface area contributed by atoms with Gasteiger partial charge in [-0.05, 0) is 31.1 Å². The lowest BCUT2D eigenvalue weighted by Gasteiger charge is -2.32. The molecule has 0 amide bonds. The summed E-state index contributed by atoms with van der Waals surface area (Å²) in [5.74, 6) is 0. The van der Waals surface area contributed by atoms with Crippen LogP contribution < -0.4 is 0 Å². The predicted octanol–water partition coefficient (Wildman–Crippen LogP) is 3.07. The largest absolute Gasteiger partial charge is 0.353 e. The molecule has 0 bridgehead atoms. The molecule has 1 unspecified atom stereocenters. The fourth-order valence-corrected chi connectivity index (χ4v) is 2.67. The number of fused-ring (bicyclic) bond motifs is 1. The lowest BCUT2D eigenvalue weighted by atomic mass is 9.81. The maximum absolute atomic E-state index is 4.02. The third kappa shape index (κ3) is 3.06. The first-order valence-corrected chi connectivity index (χ1v) is 6.50. The summed E-state index contributed by atoms with van der Waals surface area (Å²) >= 11 is 0. The molecule has 1 saturated heterocycles. The molecule has 90 valence electrons. The van der Waals surface area contributed by atoms with Crippen LogP contribution in [0.25, 0.3) is 0 Å². The van der Waals surface area contributed by atoms with Gasteiger partial charge in [-0.15, -0.1) is 5.10 Å². The molecule has 2 heterocycles. The van der Waals surface area contributed by atoms with Gasteiger partial charge in [-0.1, -0.05) is 26.7 Å². The first kappa shape index (κ1) is 11.6. The Labute approximate surface area is 98.6 Å². The minimum Gasteiger partial charge on any atom is -0.353 e. The van der Waals surface area contributed by atoms with Crippen LogP contribution in [0.5, 0.6) is 0 Å². The highest BCUT2D eigenvalue weighted by Gasteiger charge is 2.22. The van der Waals surface area contributed by atoms with Crippen molar-refractivity contribution in [3.05, 3.63) is 0 Å². The number of hydrogen-bond donors (Lipinski definition) is 0. The molecule has 0 N–H and O–H groups in total. The van der Waals surface area contributed by atoms with Gasteiger partial charge in [0.2, 0.25) is 0 Å². The average Bonchev–Trinajstić information content (AvgIpc) is 2.26. The van der Waals surface area contributed by atoms with E-state index in [1.165, 1.54) is 38.5 Å². The van der Waals surface area contributed by atoms with Crippen LogP contribution >= 0.6 is 0 Å². The number of rotatable bonds is 0. The molecule has 1 atom stereocenters. The summed E-state index contributed by atoms with van der Waals surface area (Å²) in [6.45, 7) is 5.93. The van der Waals surface area contributed by atoms with Crippen molar-refractivity contribution < 1.29 is 0 Å². The first-order chi connectivity index (χ1) is 7.67. The quantitative estimate of drug-likeness (QED) is 0.618. The van der Waals surface area contributed by atoms with Gasteiger partial charge in [-0.2, -0.15) is 5.10 Å². The molecule has 0 spiro atoms. The second kappa shape index (κ2) is 4.98. The smallest absolute Gasteiger partial charge is 0.114 e. The molecule has 2 aliphatic heterocycles. The molecule has 3 heteroatoms. The van der Waals surface area contributed by atoms with Crippen LogP contribution in [0.2, 0.25) is 0 Å². The molecule has 0 aliphatic carbocycles. The number of hydrogen-bond acceptors (Lipinski definition) is 3. The SMILES string of the molecule is CC1(C)CCCCC2C=NN=CN2CCC1. The Kier molecular flexibility index (Phi) is 3.62. The zero-order valence-electron chi connectivity index (χ0n) is 10.5. The average molecular weight is 221 g/mol. The van der Waals surface area contributed by atoms with Crippen LogP contribution in [0, 0.1) is 5.41 Å². The van der Waals surface area contributed by atoms with Crippen LogP contribution in [0.3, 0.4) is 0 Å². The normalized spacial score (nSPS) is 29.9. The van der Waals surface area contributed by atoms with Crippen LogP contribution in [0.15, 0.2) is 10.2 Å². The topological polar surface area (TPSA) is 28.0 Å². The fourth-order valence-electron chi connectivity index (χ4n) is 2.67. The molecule has 0 aromatic heterocycles. The van der Waals surface area contributed by atoms with E-state index in [0.717, 1.165) is 6.54 Å². The Bertz CT molecular complexity index is 281. The van der Waals surface area contributed by atoms with Crippen molar-refractivity contribution in [2.45, 2.75) is 58.4 Å². The summed E-state index contributed by atoms with van der Waals surface area (Å²) in [6, 6.07) is 0.499. The molecule has 1 fully saturated rings. The Balaban J connectivity index is 1.96. The van der Waals surface area contributed by atoms with Crippen molar-refractivity contribution >= 4 is 12.6 Å². The highest BCUT2D eigenvalue weighted by molar-refractivity contribution is 5.73. The van der Waals surface area contributed by atoms with Gasteiger partial charge in [0.05, 0.1) is 6.04 Å². The highest BCUT2D eigenvalue weighted by atomic mass is 15.3. The van der Waals surface area contributed by atoms with E-state index in [1.54, 1.807) is 0 Å². The van der Waals surface area contributed by atoms with Gasteiger partial charge in [0.1, 0.15) is 6.34 Å². The highest BCUT2D eigenvalue weighted by Crippen LogP contribution is 2.30. The lowest BCUT2D eigenvalue weighted by molar-refractivity contribution is 0.245. The molecule has 0 radical (unpaired) electrons. The zero-order valence-corrected chi connectivity index (χ0v) is 10.5. The van der Waals surface area contributed by atoms with Crippen molar-refractivity contribution in [1.29, 1.82) is 0 Å². The van der Waals surface area contributed by atoms with Crippen LogP contribution in [-0.2, 0) is 0 Å². The molecule has 16 heavy (non-hydrogen) atoms. The van der Waals surface area contributed by atoms with Gasteiger partial charge in [-0.3, -0.25) is 0 Å². The minimum absolute atomic E-state index is 0.499. The molecule has 2 aliphatic rings. The van der Waals surface area contributed by atoms with Crippen LogP contribution in [0.1, 0.15) is 52.4 Å².